The molecule has 0 amide bonds. The van der Waals surface area contributed by atoms with Gasteiger partial charge in [0.2, 0.25) is 11.7 Å². The zero-order chi connectivity index (χ0) is 13.4. The lowest BCUT2D eigenvalue weighted by molar-refractivity contribution is -0.0609. The van der Waals surface area contributed by atoms with Gasteiger partial charge in [0.05, 0.1) is 5.54 Å². The van der Waals surface area contributed by atoms with Crippen LogP contribution in [0.1, 0.15) is 58.2 Å². The lowest BCUT2D eigenvalue weighted by Crippen LogP contribution is -2.35. The summed E-state index contributed by atoms with van der Waals surface area (Å²) in [6, 6.07) is 0. The predicted octanol–water partition coefficient (Wildman–Crippen LogP) is 2.32. The molecule has 102 valence electrons. The van der Waals surface area contributed by atoms with E-state index in [-0.39, 0.29) is 5.60 Å². The van der Waals surface area contributed by atoms with Gasteiger partial charge >= 0.3 is 0 Å². The highest BCUT2D eigenvalue weighted by molar-refractivity contribution is 5.06. The molecule has 0 spiro atoms. The normalized spacial score (nSPS) is 29.5. The Labute approximate surface area is 108 Å². The molecule has 0 aromatic carbocycles. The van der Waals surface area contributed by atoms with Crippen LogP contribution in [0, 0.1) is 5.92 Å². The van der Waals surface area contributed by atoms with Crippen LogP contribution in [0.15, 0.2) is 4.52 Å². The Kier molecular flexibility index (Phi) is 3.47. The van der Waals surface area contributed by atoms with Crippen molar-refractivity contribution in [2.24, 2.45) is 11.7 Å². The van der Waals surface area contributed by atoms with Gasteiger partial charge in [0, 0.05) is 7.11 Å². The van der Waals surface area contributed by atoms with E-state index in [0.29, 0.717) is 11.7 Å². The number of nitrogens with zero attached hydrogens (tertiary/aromatic N) is 2. The zero-order valence-corrected chi connectivity index (χ0v) is 11.7. The summed E-state index contributed by atoms with van der Waals surface area (Å²) in [5.41, 5.74) is 4.97. The van der Waals surface area contributed by atoms with Gasteiger partial charge < -0.3 is 15.0 Å². The SMILES string of the molecule is COC1(c2noc(C(C)(C)N)n2)CCC(C)CC1. The van der Waals surface area contributed by atoms with E-state index in [1.807, 2.05) is 13.8 Å². The van der Waals surface area contributed by atoms with Gasteiger partial charge in [0.1, 0.15) is 5.60 Å². The number of ether oxygens (including phenoxy) is 1. The average Bonchev–Trinajstić information content (AvgIpc) is 2.80. The highest BCUT2D eigenvalue weighted by atomic mass is 16.5. The maximum atomic E-state index is 5.97. The van der Waals surface area contributed by atoms with E-state index >= 15 is 0 Å². The Hall–Kier alpha value is -0.940. The van der Waals surface area contributed by atoms with Crippen LogP contribution in [0.2, 0.25) is 0 Å². The van der Waals surface area contributed by atoms with Crippen molar-refractivity contribution >= 4 is 0 Å². The van der Waals surface area contributed by atoms with Gasteiger partial charge in [0.25, 0.3) is 0 Å². The van der Waals surface area contributed by atoms with Gasteiger partial charge in [-0.2, -0.15) is 4.98 Å². The first-order valence-corrected chi connectivity index (χ1v) is 6.56. The summed E-state index contributed by atoms with van der Waals surface area (Å²) < 4.78 is 11.0. The molecule has 0 saturated heterocycles. The van der Waals surface area contributed by atoms with Crippen LogP contribution in [0.5, 0.6) is 0 Å². The third-order valence-electron chi connectivity index (χ3n) is 3.86. The van der Waals surface area contributed by atoms with Crippen molar-refractivity contribution in [1.29, 1.82) is 0 Å². The van der Waals surface area contributed by atoms with E-state index in [2.05, 4.69) is 17.1 Å². The molecule has 2 rings (SSSR count). The molecule has 1 aromatic rings. The maximum absolute atomic E-state index is 5.97. The minimum absolute atomic E-state index is 0.389. The molecule has 2 N–H and O–H groups in total. The van der Waals surface area contributed by atoms with Crippen LogP contribution >= 0.6 is 0 Å². The van der Waals surface area contributed by atoms with E-state index in [1.165, 1.54) is 0 Å². The lowest BCUT2D eigenvalue weighted by atomic mass is 9.79. The van der Waals surface area contributed by atoms with E-state index in [0.717, 1.165) is 31.6 Å². The van der Waals surface area contributed by atoms with Crippen LogP contribution in [0.3, 0.4) is 0 Å². The molecule has 0 unspecified atom stereocenters. The fourth-order valence-corrected chi connectivity index (χ4v) is 2.42. The molecule has 5 nitrogen and oxygen atoms in total. The molecule has 1 fully saturated rings. The summed E-state index contributed by atoms with van der Waals surface area (Å²) >= 11 is 0. The quantitative estimate of drug-likeness (QED) is 0.894. The Morgan fingerprint density at radius 1 is 1.39 bits per heavy atom. The van der Waals surface area contributed by atoms with Crippen LogP contribution in [0.4, 0.5) is 0 Å². The van der Waals surface area contributed by atoms with Crippen molar-refractivity contribution in [2.75, 3.05) is 7.11 Å². The minimum atomic E-state index is -0.609. The van der Waals surface area contributed by atoms with Gasteiger partial charge in [-0.3, -0.25) is 0 Å². The Morgan fingerprint density at radius 2 is 2.00 bits per heavy atom. The fourth-order valence-electron chi connectivity index (χ4n) is 2.42. The van der Waals surface area contributed by atoms with Gasteiger partial charge in [0.15, 0.2) is 0 Å². The Bertz CT molecular complexity index is 401. The van der Waals surface area contributed by atoms with Gasteiger partial charge in [-0.1, -0.05) is 12.1 Å². The van der Waals surface area contributed by atoms with Gasteiger partial charge in [-0.25, -0.2) is 0 Å². The first-order valence-electron chi connectivity index (χ1n) is 6.56. The molecular weight excluding hydrogens is 230 g/mol. The average molecular weight is 253 g/mol. The summed E-state index contributed by atoms with van der Waals surface area (Å²) in [6.07, 6.45) is 4.14. The largest absolute Gasteiger partial charge is 0.370 e. The van der Waals surface area contributed by atoms with E-state index < -0.39 is 5.54 Å². The highest BCUT2D eigenvalue weighted by Gasteiger charge is 2.41. The molecule has 18 heavy (non-hydrogen) atoms. The van der Waals surface area contributed by atoms with Crippen LogP contribution in [0.25, 0.3) is 0 Å². The molecule has 1 aliphatic rings. The van der Waals surface area contributed by atoms with E-state index in [4.69, 9.17) is 15.0 Å². The first kappa shape index (κ1) is 13.5. The standard InChI is InChI=1S/C13H23N3O2/c1-9-5-7-13(17-4,8-6-9)10-15-11(18-16-10)12(2,3)14/h9H,5-8,14H2,1-4H3. The van der Waals surface area contributed by atoms with Gasteiger partial charge in [-0.05, 0) is 45.4 Å². The monoisotopic (exact) mass is 253 g/mol. The summed E-state index contributed by atoms with van der Waals surface area (Å²) in [6.45, 7) is 5.98. The van der Waals surface area contributed by atoms with E-state index in [1.54, 1.807) is 7.11 Å². The zero-order valence-electron chi connectivity index (χ0n) is 11.7. The molecule has 0 aliphatic heterocycles. The molecule has 5 heteroatoms. The number of hydrogen-bond acceptors (Lipinski definition) is 5. The molecule has 0 atom stereocenters. The maximum Gasteiger partial charge on any atom is 0.246 e. The minimum Gasteiger partial charge on any atom is -0.370 e. The van der Waals surface area contributed by atoms with Crippen molar-refractivity contribution in [3.63, 3.8) is 0 Å². The third kappa shape index (κ3) is 2.42. The Morgan fingerprint density at radius 3 is 2.44 bits per heavy atom. The van der Waals surface area contributed by atoms with Crippen molar-refractivity contribution in [1.82, 2.24) is 10.1 Å². The van der Waals surface area contributed by atoms with Gasteiger partial charge in [-0.15, -0.1) is 0 Å². The summed E-state index contributed by atoms with van der Waals surface area (Å²) in [7, 11) is 1.72. The summed E-state index contributed by atoms with van der Waals surface area (Å²) in [4.78, 5) is 4.45. The highest BCUT2D eigenvalue weighted by Crippen LogP contribution is 2.41. The molecule has 0 radical (unpaired) electrons. The number of nitrogens with two attached hydrogens (primary N) is 1. The number of rotatable bonds is 3. The summed E-state index contributed by atoms with van der Waals surface area (Å²) in [5.74, 6) is 1.85. The van der Waals surface area contributed by atoms with Crippen LogP contribution < -0.4 is 5.73 Å². The Balaban J connectivity index is 2.25. The van der Waals surface area contributed by atoms with Crippen LogP contribution in [-0.4, -0.2) is 17.3 Å². The smallest absolute Gasteiger partial charge is 0.246 e. The third-order valence-corrected chi connectivity index (χ3v) is 3.86. The fraction of sp³-hybridized carbons (Fsp3) is 0.846. The second kappa shape index (κ2) is 4.63. The van der Waals surface area contributed by atoms with Crippen molar-refractivity contribution in [3.05, 3.63) is 11.7 Å². The van der Waals surface area contributed by atoms with E-state index in [9.17, 15) is 0 Å². The van der Waals surface area contributed by atoms with Crippen molar-refractivity contribution in [2.45, 2.75) is 57.6 Å². The van der Waals surface area contributed by atoms with Crippen molar-refractivity contribution in [3.8, 4) is 0 Å². The molecule has 1 aromatic heterocycles. The summed E-state index contributed by atoms with van der Waals surface area (Å²) in [5, 5.41) is 4.08. The topological polar surface area (TPSA) is 74.2 Å². The molecular formula is C13H23N3O2. The lowest BCUT2D eigenvalue weighted by Gasteiger charge is -2.35. The predicted molar refractivity (Wildman–Crippen MR) is 67.8 cm³/mol. The van der Waals surface area contributed by atoms with Crippen molar-refractivity contribution < 1.29 is 9.26 Å². The molecule has 1 saturated carbocycles. The number of hydrogen-bond donors (Lipinski definition) is 1. The molecule has 0 bridgehead atoms. The number of aromatic nitrogens is 2. The molecule has 1 aliphatic carbocycles. The second-order valence-electron chi connectivity index (χ2n) is 6.03. The number of methoxy groups -OCH3 is 1. The molecule has 1 heterocycles. The second-order valence-corrected chi connectivity index (χ2v) is 6.03. The first-order chi connectivity index (χ1) is 8.37. The van der Waals surface area contributed by atoms with Crippen LogP contribution in [-0.2, 0) is 15.9 Å².